The van der Waals surface area contributed by atoms with Crippen LogP contribution >= 0.6 is 0 Å². The van der Waals surface area contributed by atoms with Crippen molar-refractivity contribution >= 4 is 44.3 Å². The van der Waals surface area contributed by atoms with Crippen LogP contribution in [0, 0.1) is 5.92 Å². The number of methoxy groups -OCH3 is 1. The summed E-state index contributed by atoms with van der Waals surface area (Å²) in [5, 5.41) is 4.02. The van der Waals surface area contributed by atoms with Crippen molar-refractivity contribution in [1.82, 2.24) is 23.7 Å². The molecule has 3 aromatic rings. The molecule has 2 saturated heterocycles. The van der Waals surface area contributed by atoms with E-state index < -0.39 is 10.0 Å². The molecule has 0 spiro atoms. The second kappa shape index (κ2) is 12.4. The van der Waals surface area contributed by atoms with Gasteiger partial charge in [-0.25, -0.2) is 13.4 Å². The lowest BCUT2D eigenvalue weighted by molar-refractivity contribution is -0.132. The summed E-state index contributed by atoms with van der Waals surface area (Å²) in [4.78, 5) is 37.5. The fraction of sp³-hybridized carbons (Fsp3) is 0.429. The van der Waals surface area contributed by atoms with Crippen molar-refractivity contribution in [2.45, 2.75) is 13.0 Å². The molecule has 1 N–H and O–H groups in total. The Labute approximate surface area is 239 Å². The van der Waals surface area contributed by atoms with Crippen LogP contribution in [0.3, 0.4) is 0 Å². The minimum Gasteiger partial charge on any atom is -0.384 e. The third-order valence-electron chi connectivity index (χ3n) is 7.57. The first-order valence-electron chi connectivity index (χ1n) is 13.6. The number of aryl methyl sites for hydroxylation is 1. The van der Waals surface area contributed by atoms with E-state index in [1.165, 1.54) is 23.6 Å². The average molecular weight is 582 g/mol. The van der Waals surface area contributed by atoms with Crippen LogP contribution in [0.2, 0.25) is 0 Å². The molecule has 0 saturated carbocycles. The number of hydrogen-bond acceptors (Lipinski definition) is 9. The molecule has 12 nitrogen and oxygen atoms in total. The molecule has 13 heteroatoms. The maximum atomic E-state index is 12.7. The van der Waals surface area contributed by atoms with Crippen LogP contribution in [0.15, 0.2) is 60.0 Å². The molecule has 5 rings (SSSR count). The number of aromatic nitrogens is 3. The van der Waals surface area contributed by atoms with Gasteiger partial charge in [0.2, 0.25) is 21.9 Å². The number of nitrogens with one attached hydrogen (secondary N) is 1. The van der Waals surface area contributed by atoms with E-state index in [4.69, 9.17) is 4.74 Å². The zero-order chi connectivity index (χ0) is 29.0. The number of carbonyl (C=O) groups excluding carboxylic acids is 1. The molecule has 41 heavy (non-hydrogen) atoms. The number of likely N-dealkylation sites (tertiary alicyclic amines) is 1. The fourth-order valence-electron chi connectivity index (χ4n) is 5.17. The number of carbonyl (C=O) groups is 1. The molecule has 0 radical (unpaired) electrons. The van der Waals surface area contributed by atoms with Gasteiger partial charge in [-0.1, -0.05) is 12.6 Å². The molecule has 2 aromatic heterocycles. The van der Waals surface area contributed by atoms with Crippen molar-refractivity contribution in [3.63, 3.8) is 0 Å². The standard InChI is InChI=1S/C28H35N7O5S/c1-3-25(36)33-19-21(20-33)9-10-35-26(37)8-7-22-18-29-28(31-27(22)35)30-23-5-4-6-24(17-23)32-11-13-34(14-12-32)41(38,39)16-15-40-2/h3-8,17-18,21H,1,9-16,19-20H2,2H3,(H,29,30,31). The zero-order valence-electron chi connectivity index (χ0n) is 23.1. The summed E-state index contributed by atoms with van der Waals surface area (Å²) in [5.74, 6) is 0.618. The molecule has 4 heterocycles. The number of sulfonamides is 1. The number of benzene rings is 1. The molecule has 2 aliphatic rings. The SMILES string of the molecule is C=CC(=O)N1CC(CCn2c(=O)ccc3cnc(Nc4cccc(N5CCN(S(=O)(=O)CCOC)CC5)c4)nc32)C1. The van der Waals surface area contributed by atoms with Gasteiger partial charge in [0.25, 0.3) is 5.56 Å². The Balaban J connectivity index is 1.25. The van der Waals surface area contributed by atoms with Gasteiger partial charge in [-0.05, 0) is 42.7 Å². The summed E-state index contributed by atoms with van der Waals surface area (Å²) >= 11 is 0. The first-order chi connectivity index (χ1) is 19.8. The van der Waals surface area contributed by atoms with Gasteiger partial charge in [-0.15, -0.1) is 0 Å². The monoisotopic (exact) mass is 581 g/mol. The minimum atomic E-state index is -3.33. The number of rotatable bonds is 11. The van der Waals surface area contributed by atoms with Crippen molar-refractivity contribution in [3.8, 4) is 0 Å². The Hall–Kier alpha value is -3.81. The second-order valence-corrected chi connectivity index (χ2v) is 12.4. The van der Waals surface area contributed by atoms with E-state index in [1.54, 1.807) is 21.7 Å². The number of anilines is 3. The van der Waals surface area contributed by atoms with Crippen molar-refractivity contribution in [1.29, 1.82) is 0 Å². The second-order valence-electron chi connectivity index (χ2n) is 10.3. The predicted molar refractivity (Wildman–Crippen MR) is 158 cm³/mol. The maximum absolute atomic E-state index is 12.7. The van der Waals surface area contributed by atoms with E-state index in [0.717, 1.165) is 23.2 Å². The van der Waals surface area contributed by atoms with Gasteiger partial charge in [-0.2, -0.15) is 9.29 Å². The van der Waals surface area contributed by atoms with Crippen LogP contribution < -0.4 is 15.8 Å². The van der Waals surface area contributed by atoms with Gasteiger partial charge in [0.05, 0.1) is 12.4 Å². The quantitative estimate of drug-likeness (QED) is 0.336. The molecule has 218 valence electrons. The first-order valence-corrected chi connectivity index (χ1v) is 15.2. The van der Waals surface area contributed by atoms with Gasteiger partial charge in [-0.3, -0.25) is 14.2 Å². The molecule has 2 fully saturated rings. The summed E-state index contributed by atoms with van der Waals surface area (Å²) in [6.07, 6.45) is 3.78. The Morgan fingerprint density at radius 2 is 1.95 bits per heavy atom. The minimum absolute atomic E-state index is 0.0154. The normalized spacial score (nSPS) is 16.5. The van der Waals surface area contributed by atoms with Crippen molar-refractivity contribution in [3.05, 3.63) is 65.6 Å². The van der Waals surface area contributed by atoms with E-state index in [1.807, 2.05) is 24.3 Å². The number of hydrogen-bond donors (Lipinski definition) is 1. The zero-order valence-corrected chi connectivity index (χ0v) is 23.9. The van der Waals surface area contributed by atoms with Crippen molar-refractivity contribution in [2.24, 2.45) is 5.92 Å². The number of pyridine rings is 1. The van der Waals surface area contributed by atoms with Gasteiger partial charge >= 0.3 is 0 Å². The molecular formula is C28H35N7O5S. The van der Waals surface area contributed by atoms with Crippen LogP contribution in [-0.4, -0.2) is 96.8 Å². The number of nitrogens with zero attached hydrogens (tertiary/aromatic N) is 6. The number of piperazine rings is 1. The highest BCUT2D eigenvalue weighted by Crippen LogP contribution is 2.25. The smallest absolute Gasteiger partial charge is 0.252 e. The number of amides is 1. The molecule has 0 aliphatic carbocycles. The van der Waals surface area contributed by atoms with Crippen LogP contribution in [-0.2, 0) is 26.1 Å². The number of fused-ring (bicyclic) bond motifs is 1. The fourth-order valence-corrected chi connectivity index (χ4v) is 6.53. The third-order valence-corrected chi connectivity index (χ3v) is 9.41. The molecule has 0 atom stereocenters. The van der Waals surface area contributed by atoms with E-state index in [2.05, 4.69) is 26.8 Å². The Morgan fingerprint density at radius 1 is 1.17 bits per heavy atom. The van der Waals surface area contributed by atoms with Gasteiger partial charge < -0.3 is 19.9 Å². The van der Waals surface area contributed by atoms with Crippen LogP contribution in [0.1, 0.15) is 6.42 Å². The Morgan fingerprint density at radius 3 is 2.68 bits per heavy atom. The first kappa shape index (κ1) is 28.7. The lowest BCUT2D eigenvalue weighted by Gasteiger charge is -2.38. The van der Waals surface area contributed by atoms with Gasteiger partial charge in [0.15, 0.2) is 0 Å². The van der Waals surface area contributed by atoms with Gasteiger partial charge in [0.1, 0.15) is 5.65 Å². The van der Waals surface area contributed by atoms with E-state index in [0.29, 0.717) is 63.3 Å². The highest BCUT2D eigenvalue weighted by molar-refractivity contribution is 7.89. The Kier molecular flexibility index (Phi) is 8.66. The molecule has 1 amide bonds. The van der Waals surface area contributed by atoms with E-state index in [9.17, 15) is 18.0 Å². The summed E-state index contributed by atoms with van der Waals surface area (Å²) in [6.45, 7) is 7.53. The third kappa shape index (κ3) is 6.58. The van der Waals surface area contributed by atoms with Crippen LogP contribution in [0.4, 0.5) is 17.3 Å². The molecule has 1 aromatic carbocycles. The Bertz CT molecular complexity index is 1580. The largest absolute Gasteiger partial charge is 0.384 e. The summed E-state index contributed by atoms with van der Waals surface area (Å²) in [7, 11) is -1.83. The van der Waals surface area contributed by atoms with Gasteiger partial charge in [0, 0.05) is 81.9 Å². The number of ether oxygens (including phenoxy) is 1. The van der Waals surface area contributed by atoms with Crippen LogP contribution in [0.25, 0.3) is 11.0 Å². The topological polar surface area (TPSA) is 130 Å². The summed E-state index contributed by atoms with van der Waals surface area (Å²) in [5.41, 5.74) is 2.16. The summed E-state index contributed by atoms with van der Waals surface area (Å²) < 4.78 is 33.1. The highest BCUT2D eigenvalue weighted by Gasteiger charge is 2.29. The van der Waals surface area contributed by atoms with E-state index in [-0.39, 0.29) is 23.8 Å². The molecule has 2 aliphatic heterocycles. The lowest BCUT2D eigenvalue weighted by Crippen LogP contribution is -2.49. The van der Waals surface area contributed by atoms with Crippen molar-refractivity contribution < 1.29 is 17.9 Å². The van der Waals surface area contributed by atoms with Crippen molar-refractivity contribution in [2.75, 3.05) is 69.0 Å². The highest BCUT2D eigenvalue weighted by atomic mass is 32.2. The average Bonchev–Trinajstić information content (AvgIpc) is 2.96. The predicted octanol–water partition coefficient (Wildman–Crippen LogP) is 1.67. The molecule has 0 bridgehead atoms. The lowest BCUT2D eigenvalue weighted by atomic mass is 9.96. The van der Waals surface area contributed by atoms with Crippen LogP contribution in [0.5, 0.6) is 0 Å². The molecular weight excluding hydrogens is 546 g/mol. The molecule has 0 unspecified atom stereocenters. The summed E-state index contributed by atoms with van der Waals surface area (Å²) in [6, 6.07) is 11.1. The maximum Gasteiger partial charge on any atom is 0.252 e. The van der Waals surface area contributed by atoms with E-state index >= 15 is 0 Å².